The zero-order valence-electron chi connectivity index (χ0n) is 13.6. The predicted octanol–water partition coefficient (Wildman–Crippen LogP) is 2.33. The lowest BCUT2D eigenvalue weighted by molar-refractivity contribution is -0.127. The maximum absolute atomic E-state index is 12.7. The third kappa shape index (κ3) is 2.91. The van der Waals surface area contributed by atoms with Crippen LogP contribution in [0, 0.1) is 6.92 Å². The Balaban J connectivity index is 1.80. The molecule has 6 nitrogen and oxygen atoms in total. The average molecular weight is 345 g/mol. The molecule has 1 aliphatic heterocycles. The number of hydrogen-bond acceptors (Lipinski definition) is 4. The third-order valence-electron chi connectivity index (χ3n) is 4.19. The van der Waals surface area contributed by atoms with E-state index in [9.17, 15) is 14.4 Å². The number of urea groups is 1. The zero-order valence-corrected chi connectivity index (χ0v) is 14.4. The van der Waals surface area contributed by atoms with Crippen LogP contribution < -0.4 is 5.32 Å². The SMILES string of the molecule is CSCCC1NC(=O)N(CC(=O)c2c(C)[nH]c3ccccc23)C1=O. The van der Waals surface area contributed by atoms with E-state index in [-0.39, 0.29) is 18.2 Å². The molecule has 126 valence electrons. The second-order valence-electron chi connectivity index (χ2n) is 5.80. The Kier molecular flexibility index (Phi) is 4.62. The van der Waals surface area contributed by atoms with Crippen LogP contribution in [0.25, 0.3) is 10.9 Å². The molecule has 1 aromatic carbocycles. The van der Waals surface area contributed by atoms with Crippen molar-refractivity contribution in [2.45, 2.75) is 19.4 Å². The second-order valence-corrected chi connectivity index (χ2v) is 6.79. The summed E-state index contributed by atoms with van der Waals surface area (Å²) in [6, 6.07) is 6.49. The molecular formula is C17H19N3O3S. The van der Waals surface area contributed by atoms with Crippen LogP contribution in [0.1, 0.15) is 22.5 Å². The highest BCUT2D eigenvalue weighted by Gasteiger charge is 2.38. The van der Waals surface area contributed by atoms with Crippen molar-refractivity contribution in [2.24, 2.45) is 0 Å². The van der Waals surface area contributed by atoms with Gasteiger partial charge in [0, 0.05) is 22.2 Å². The molecule has 3 amide bonds. The predicted molar refractivity (Wildman–Crippen MR) is 94.4 cm³/mol. The first-order chi connectivity index (χ1) is 11.5. The first kappa shape index (κ1) is 16.6. The smallest absolute Gasteiger partial charge is 0.325 e. The Morgan fingerprint density at radius 2 is 2.04 bits per heavy atom. The van der Waals surface area contributed by atoms with Crippen molar-refractivity contribution in [3.63, 3.8) is 0 Å². The Morgan fingerprint density at radius 3 is 2.79 bits per heavy atom. The molecule has 1 fully saturated rings. The summed E-state index contributed by atoms with van der Waals surface area (Å²) in [6.07, 6.45) is 2.52. The van der Waals surface area contributed by atoms with Crippen LogP contribution >= 0.6 is 11.8 Å². The van der Waals surface area contributed by atoms with E-state index >= 15 is 0 Å². The van der Waals surface area contributed by atoms with Crippen LogP contribution in [-0.2, 0) is 4.79 Å². The van der Waals surface area contributed by atoms with E-state index in [0.29, 0.717) is 12.0 Å². The topological polar surface area (TPSA) is 82.3 Å². The highest BCUT2D eigenvalue weighted by Crippen LogP contribution is 2.23. The molecule has 3 rings (SSSR count). The first-order valence-electron chi connectivity index (χ1n) is 7.74. The van der Waals surface area contributed by atoms with Crippen LogP contribution in [0.2, 0.25) is 0 Å². The van der Waals surface area contributed by atoms with Crippen molar-refractivity contribution in [3.05, 3.63) is 35.5 Å². The number of H-pyrrole nitrogens is 1. The normalized spacial score (nSPS) is 17.6. The summed E-state index contributed by atoms with van der Waals surface area (Å²) in [5.74, 6) is 0.221. The molecule has 2 heterocycles. The van der Waals surface area contributed by atoms with Crippen LogP contribution in [0.5, 0.6) is 0 Å². The number of rotatable bonds is 6. The molecule has 0 aliphatic carbocycles. The number of aromatic nitrogens is 1. The highest BCUT2D eigenvalue weighted by atomic mass is 32.2. The Hall–Kier alpha value is -2.28. The quantitative estimate of drug-likeness (QED) is 0.622. The number of thioether (sulfide) groups is 1. The Bertz CT molecular complexity index is 815. The number of carbonyl (C=O) groups is 3. The molecule has 1 unspecified atom stereocenters. The van der Waals surface area contributed by atoms with E-state index in [1.54, 1.807) is 11.8 Å². The van der Waals surface area contributed by atoms with E-state index in [1.807, 2.05) is 37.4 Å². The molecule has 1 aromatic heterocycles. The molecule has 0 radical (unpaired) electrons. The van der Waals surface area contributed by atoms with Gasteiger partial charge in [-0.25, -0.2) is 4.79 Å². The number of nitrogens with one attached hydrogen (secondary N) is 2. The number of fused-ring (bicyclic) bond motifs is 1. The number of nitrogens with zero attached hydrogens (tertiary/aromatic N) is 1. The molecule has 1 aliphatic rings. The molecule has 1 saturated heterocycles. The molecule has 7 heteroatoms. The van der Waals surface area contributed by atoms with Crippen molar-refractivity contribution in [1.82, 2.24) is 15.2 Å². The van der Waals surface area contributed by atoms with Gasteiger partial charge in [-0.15, -0.1) is 0 Å². The van der Waals surface area contributed by atoms with Crippen LogP contribution in [0.3, 0.4) is 0 Å². The maximum atomic E-state index is 12.7. The fraction of sp³-hybridized carbons (Fsp3) is 0.353. The molecule has 1 atom stereocenters. The van der Waals surface area contributed by atoms with Gasteiger partial charge in [-0.2, -0.15) is 11.8 Å². The number of para-hydroxylation sites is 1. The number of imide groups is 1. The van der Waals surface area contributed by atoms with Crippen molar-refractivity contribution in [1.29, 1.82) is 0 Å². The fourth-order valence-electron chi connectivity index (χ4n) is 3.02. The molecule has 24 heavy (non-hydrogen) atoms. The van der Waals surface area contributed by atoms with Crippen molar-refractivity contribution in [2.75, 3.05) is 18.6 Å². The van der Waals surface area contributed by atoms with Crippen LogP contribution in [-0.4, -0.2) is 52.2 Å². The third-order valence-corrected chi connectivity index (χ3v) is 4.84. The van der Waals surface area contributed by atoms with Gasteiger partial charge in [0.25, 0.3) is 5.91 Å². The summed E-state index contributed by atoms with van der Waals surface area (Å²) < 4.78 is 0. The maximum Gasteiger partial charge on any atom is 0.325 e. The van der Waals surface area contributed by atoms with E-state index in [0.717, 1.165) is 27.2 Å². The number of benzene rings is 1. The summed E-state index contributed by atoms with van der Waals surface area (Å²) in [5, 5.41) is 3.47. The van der Waals surface area contributed by atoms with Gasteiger partial charge in [0.1, 0.15) is 6.04 Å². The van der Waals surface area contributed by atoms with Gasteiger partial charge in [0.15, 0.2) is 5.78 Å². The number of hydrogen-bond donors (Lipinski definition) is 2. The lowest BCUT2D eigenvalue weighted by Crippen LogP contribution is -2.36. The summed E-state index contributed by atoms with van der Waals surface area (Å²) in [5.41, 5.74) is 2.15. The zero-order chi connectivity index (χ0) is 17.3. The number of amides is 3. The standard InChI is InChI=1S/C17H19N3O3S/c1-10-15(11-5-3-4-6-12(11)18-10)14(21)9-20-16(22)13(7-8-24-2)19-17(20)23/h3-6,13,18H,7-9H2,1-2H3,(H,19,23). The van der Waals surface area contributed by atoms with E-state index < -0.39 is 12.1 Å². The number of carbonyl (C=O) groups excluding carboxylic acids is 3. The van der Waals surface area contributed by atoms with E-state index in [4.69, 9.17) is 0 Å². The molecule has 0 saturated carbocycles. The number of Topliss-reactive ketones (excluding diaryl/α,β-unsaturated/α-hetero) is 1. The summed E-state index contributed by atoms with van der Waals surface area (Å²) >= 11 is 1.62. The van der Waals surface area contributed by atoms with Gasteiger partial charge >= 0.3 is 6.03 Å². The summed E-state index contributed by atoms with van der Waals surface area (Å²) in [7, 11) is 0. The number of aromatic amines is 1. The monoisotopic (exact) mass is 345 g/mol. The molecular weight excluding hydrogens is 326 g/mol. The molecule has 0 bridgehead atoms. The van der Waals surface area contributed by atoms with E-state index in [2.05, 4.69) is 10.3 Å². The highest BCUT2D eigenvalue weighted by molar-refractivity contribution is 7.98. The number of aryl methyl sites for hydroxylation is 1. The number of ketones is 1. The van der Waals surface area contributed by atoms with Crippen LogP contribution in [0.4, 0.5) is 4.79 Å². The minimum absolute atomic E-state index is 0.233. The Morgan fingerprint density at radius 1 is 1.29 bits per heavy atom. The summed E-state index contributed by atoms with van der Waals surface area (Å²) in [4.78, 5) is 41.3. The fourth-order valence-corrected chi connectivity index (χ4v) is 3.49. The first-order valence-corrected chi connectivity index (χ1v) is 9.13. The van der Waals surface area contributed by atoms with Crippen molar-refractivity contribution < 1.29 is 14.4 Å². The van der Waals surface area contributed by atoms with Crippen LogP contribution in [0.15, 0.2) is 24.3 Å². The minimum Gasteiger partial charge on any atom is -0.358 e. The summed E-state index contributed by atoms with van der Waals surface area (Å²) in [6.45, 7) is 1.59. The second kappa shape index (κ2) is 6.68. The van der Waals surface area contributed by atoms with Gasteiger partial charge < -0.3 is 10.3 Å². The molecule has 2 aromatic rings. The van der Waals surface area contributed by atoms with E-state index in [1.165, 1.54) is 0 Å². The molecule has 0 spiro atoms. The molecule has 2 N–H and O–H groups in total. The van der Waals surface area contributed by atoms with Gasteiger partial charge in [-0.3, -0.25) is 14.5 Å². The Labute approximate surface area is 144 Å². The van der Waals surface area contributed by atoms with Crippen molar-refractivity contribution in [3.8, 4) is 0 Å². The largest absolute Gasteiger partial charge is 0.358 e. The van der Waals surface area contributed by atoms with Gasteiger partial charge in [-0.05, 0) is 31.4 Å². The lowest BCUT2D eigenvalue weighted by atomic mass is 10.1. The van der Waals surface area contributed by atoms with Gasteiger partial charge in [-0.1, -0.05) is 18.2 Å². The van der Waals surface area contributed by atoms with Gasteiger partial charge in [0.05, 0.1) is 6.54 Å². The van der Waals surface area contributed by atoms with Gasteiger partial charge in [0.2, 0.25) is 0 Å². The minimum atomic E-state index is -0.526. The lowest BCUT2D eigenvalue weighted by Gasteiger charge is -2.12. The average Bonchev–Trinajstić information content (AvgIpc) is 3.03. The van der Waals surface area contributed by atoms with Crippen molar-refractivity contribution >= 4 is 40.4 Å².